The van der Waals surface area contributed by atoms with E-state index in [2.05, 4.69) is 20.6 Å². The van der Waals surface area contributed by atoms with E-state index >= 15 is 0 Å². The lowest BCUT2D eigenvalue weighted by atomic mass is 9.86. The molecule has 3 aromatic rings. The highest BCUT2D eigenvalue weighted by molar-refractivity contribution is 5.98. The summed E-state index contributed by atoms with van der Waals surface area (Å²) in [5.74, 6) is -0.589. The van der Waals surface area contributed by atoms with E-state index in [0.717, 1.165) is 16.5 Å². The van der Waals surface area contributed by atoms with E-state index in [0.29, 0.717) is 31.6 Å². The molecule has 3 heterocycles. The number of carbonyl (C=O) groups excluding carboxylic acids is 3. The fourth-order valence-corrected chi connectivity index (χ4v) is 4.13. The number of benzene rings is 1. The Morgan fingerprint density at radius 3 is 2.58 bits per heavy atom. The van der Waals surface area contributed by atoms with Gasteiger partial charge in [-0.25, -0.2) is 0 Å². The number of aromatic nitrogens is 2. The molecule has 1 aliphatic rings. The first-order valence-corrected chi connectivity index (χ1v) is 10.3. The third-order valence-electron chi connectivity index (χ3n) is 5.91. The fourth-order valence-electron chi connectivity index (χ4n) is 4.13. The van der Waals surface area contributed by atoms with Crippen LogP contribution >= 0.6 is 0 Å². The molecule has 0 radical (unpaired) electrons. The zero-order chi connectivity index (χ0) is 21.8. The molecule has 0 spiro atoms. The number of hydrogen-bond donors (Lipinski definition) is 3. The van der Waals surface area contributed by atoms with Crippen molar-refractivity contribution in [3.05, 3.63) is 66.1 Å². The average Bonchev–Trinajstić information content (AvgIpc) is 3.34. The lowest BCUT2D eigenvalue weighted by molar-refractivity contribution is -0.136. The second-order valence-electron chi connectivity index (χ2n) is 7.74. The molecule has 1 aliphatic heterocycles. The lowest BCUT2D eigenvalue weighted by Gasteiger charge is -2.40. The van der Waals surface area contributed by atoms with Gasteiger partial charge in [0.05, 0.1) is 11.9 Å². The SMILES string of the molecule is CNC(=O)C1(NC(=O)c2ccc[nH]2)CCN(C(=O)Cc2ccnc3ccccc23)CC1. The number of nitrogens with one attached hydrogen (secondary N) is 3. The summed E-state index contributed by atoms with van der Waals surface area (Å²) in [5.41, 5.74) is 1.14. The number of likely N-dealkylation sites (N-methyl/N-ethyl adjacent to an activating group) is 1. The number of fused-ring (bicyclic) bond motifs is 1. The van der Waals surface area contributed by atoms with E-state index < -0.39 is 5.54 Å². The molecular weight excluding hydrogens is 394 g/mol. The Bertz CT molecular complexity index is 1100. The molecule has 0 unspecified atom stereocenters. The van der Waals surface area contributed by atoms with Crippen molar-refractivity contribution in [3.8, 4) is 0 Å². The van der Waals surface area contributed by atoms with E-state index in [4.69, 9.17) is 0 Å². The van der Waals surface area contributed by atoms with E-state index in [9.17, 15) is 14.4 Å². The molecule has 3 N–H and O–H groups in total. The van der Waals surface area contributed by atoms with Gasteiger partial charge in [-0.1, -0.05) is 18.2 Å². The number of piperidine rings is 1. The van der Waals surface area contributed by atoms with Crippen molar-refractivity contribution in [2.24, 2.45) is 0 Å². The first kappa shape index (κ1) is 20.6. The van der Waals surface area contributed by atoms with Crippen LogP contribution in [-0.4, -0.2) is 58.3 Å². The zero-order valence-electron chi connectivity index (χ0n) is 17.4. The van der Waals surface area contributed by atoms with Gasteiger partial charge in [0.1, 0.15) is 11.2 Å². The van der Waals surface area contributed by atoms with E-state index in [1.54, 1.807) is 36.5 Å². The first-order chi connectivity index (χ1) is 15.0. The minimum atomic E-state index is -1.04. The highest BCUT2D eigenvalue weighted by Crippen LogP contribution is 2.25. The fraction of sp³-hybridized carbons (Fsp3) is 0.304. The van der Waals surface area contributed by atoms with Gasteiger partial charge < -0.3 is 20.5 Å². The minimum absolute atomic E-state index is 0.00226. The molecule has 2 aromatic heterocycles. The van der Waals surface area contributed by atoms with Gasteiger partial charge in [0.15, 0.2) is 0 Å². The topological polar surface area (TPSA) is 107 Å². The van der Waals surface area contributed by atoms with Gasteiger partial charge in [-0.2, -0.15) is 0 Å². The van der Waals surface area contributed by atoms with Crippen LogP contribution in [-0.2, 0) is 16.0 Å². The predicted octanol–water partition coefficient (Wildman–Crippen LogP) is 1.64. The summed E-state index contributed by atoms with van der Waals surface area (Å²) >= 11 is 0. The molecule has 4 rings (SSSR count). The summed E-state index contributed by atoms with van der Waals surface area (Å²) in [6.45, 7) is 0.778. The number of hydrogen-bond acceptors (Lipinski definition) is 4. The smallest absolute Gasteiger partial charge is 0.268 e. The van der Waals surface area contributed by atoms with Crippen LogP contribution in [0.1, 0.15) is 28.9 Å². The third-order valence-corrected chi connectivity index (χ3v) is 5.91. The van der Waals surface area contributed by atoms with Crippen LogP contribution in [0.2, 0.25) is 0 Å². The van der Waals surface area contributed by atoms with Crippen LogP contribution in [0.15, 0.2) is 54.9 Å². The summed E-state index contributed by atoms with van der Waals surface area (Å²) in [6.07, 6.45) is 4.34. The van der Waals surface area contributed by atoms with Gasteiger partial charge >= 0.3 is 0 Å². The summed E-state index contributed by atoms with van der Waals surface area (Å²) < 4.78 is 0. The summed E-state index contributed by atoms with van der Waals surface area (Å²) in [4.78, 5) is 47.2. The quantitative estimate of drug-likeness (QED) is 0.584. The Balaban J connectivity index is 1.45. The van der Waals surface area contributed by atoms with Gasteiger partial charge in [-0.05, 0) is 42.7 Å². The van der Waals surface area contributed by atoms with Crippen LogP contribution in [0.5, 0.6) is 0 Å². The Morgan fingerprint density at radius 2 is 1.87 bits per heavy atom. The summed E-state index contributed by atoms with van der Waals surface area (Å²) in [6, 6.07) is 13.0. The minimum Gasteiger partial charge on any atom is -0.357 e. The zero-order valence-corrected chi connectivity index (χ0v) is 17.4. The second kappa shape index (κ2) is 8.59. The van der Waals surface area contributed by atoms with Crippen molar-refractivity contribution in [3.63, 3.8) is 0 Å². The largest absolute Gasteiger partial charge is 0.357 e. The Morgan fingerprint density at radius 1 is 1.10 bits per heavy atom. The van der Waals surface area contributed by atoms with E-state index in [1.807, 2.05) is 30.3 Å². The van der Waals surface area contributed by atoms with E-state index in [1.165, 1.54) is 0 Å². The summed E-state index contributed by atoms with van der Waals surface area (Å²) in [5, 5.41) is 6.51. The number of nitrogens with zero attached hydrogens (tertiary/aromatic N) is 2. The number of pyridine rings is 1. The Kier molecular flexibility index (Phi) is 5.70. The number of para-hydroxylation sites is 1. The van der Waals surface area contributed by atoms with Crippen molar-refractivity contribution >= 4 is 28.6 Å². The molecule has 31 heavy (non-hydrogen) atoms. The van der Waals surface area contributed by atoms with Crippen LogP contribution in [0, 0.1) is 0 Å². The maximum absolute atomic E-state index is 13.0. The summed E-state index contributed by atoms with van der Waals surface area (Å²) in [7, 11) is 1.55. The van der Waals surface area contributed by atoms with Gasteiger partial charge in [0, 0.05) is 37.9 Å². The second-order valence-corrected chi connectivity index (χ2v) is 7.74. The molecule has 1 saturated heterocycles. The lowest BCUT2D eigenvalue weighted by Crippen LogP contribution is -2.63. The molecule has 160 valence electrons. The van der Waals surface area contributed by atoms with Crippen molar-refractivity contribution in [2.45, 2.75) is 24.8 Å². The van der Waals surface area contributed by atoms with Gasteiger partial charge in [0.25, 0.3) is 5.91 Å². The molecule has 8 nitrogen and oxygen atoms in total. The molecule has 0 atom stereocenters. The maximum atomic E-state index is 13.0. The molecule has 0 bridgehead atoms. The molecule has 8 heteroatoms. The number of amides is 3. The number of rotatable bonds is 5. The highest BCUT2D eigenvalue weighted by Gasteiger charge is 2.43. The third kappa shape index (κ3) is 4.14. The van der Waals surface area contributed by atoms with Gasteiger partial charge in [0.2, 0.25) is 11.8 Å². The van der Waals surface area contributed by atoms with Crippen molar-refractivity contribution in [2.75, 3.05) is 20.1 Å². The molecule has 1 aromatic carbocycles. The Labute approximate surface area is 180 Å². The molecule has 3 amide bonds. The standard InChI is InChI=1S/C23H25N5O3/c1-24-22(31)23(27-21(30)19-7-4-11-25-19)9-13-28(14-10-23)20(29)15-16-8-12-26-18-6-3-2-5-17(16)18/h2-8,11-12,25H,9-10,13-15H2,1H3,(H,24,31)(H,27,30). The number of carbonyl (C=O) groups is 3. The van der Waals surface area contributed by atoms with E-state index in [-0.39, 0.29) is 24.1 Å². The van der Waals surface area contributed by atoms with Crippen LogP contribution in [0.3, 0.4) is 0 Å². The number of aromatic amines is 1. The molecule has 0 saturated carbocycles. The maximum Gasteiger partial charge on any atom is 0.268 e. The first-order valence-electron chi connectivity index (χ1n) is 10.3. The normalized spacial score (nSPS) is 15.5. The number of H-pyrrole nitrogens is 1. The highest BCUT2D eigenvalue weighted by atomic mass is 16.2. The van der Waals surface area contributed by atoms with Crippen LogP contribution < -0.4 is 10.6 Å². The van der Waals surface area contributed by atoms with Crippen LogP contribution in [0.25, 0.3) is 10.9 Å². The Hall–Kier alpha value is -3.68. The predicted molar refractivity (Wildman–Crippen MR) is 116 cm³/mol. The average molecular weight is 419 g/mol. The molecule has 0 aliphatic carbocycles. The van der Waals surface area contributed by atoms with Crippen LogP contribution in [0.4, 0.5) is 0 Å². The number of likely N-dealkylation sites (tertiary alicyclic amines) is 1. The molecular formula is C23H25N5O3. The van der Waals surface area contributed by atoms with Crippen molar-refractivity contribution in [1.29, 1.82) is 0 Å². The molecule has 1 fully saturated rings. The van der Waals surface area contributed by atoms with Crippen molar-refractivity contribution in [1.82, 2.24) is 25.5 Å². The van der Waals surface area contributed by atoms with Gasteiger partial charge in [-0.3, -0.25) is 19.4 Å². The van der Waals surface area contributed by atoms with Gasteiger partial charge in [-0.15, -0.1) is 0 Å². The monoisotopic (exact) mass is 419 g/mol. The van der Waals surface area contributed by atoms with Crippen molar-refractivity contribution < 1.29 is 14.4 Å².